The van der Waals surface area contributed by atoms with Crippen molar-refractivity contribution in [1.82, 2.24) is 4.98 Å². The van der Waals surface area contributed by atoms with Crippen molar-refractivity contribution < 1.29 is 14.2 Å². The molecule has 156 valence electrons. The second-order valence-corrected chi connectivity index (χ2v) is 7.53. The van der Waals surface area contributed by atoms with Gasteiger partial charge < -0.3 is 14.2 Å². The lowest BCUT2D eigenvalue weighted by Crippen LogP contribution is -2.23. The monoisotopic (exact) mass is 404 g/mol. The van der Waals surface area contributed by atoms with Crippen LogP contribution in [0.1, 0.15) is 30.5 Å². The van der Waals surface area contributed by atoms with Crippen molar-refractivity contribution in [2.75, 3.05) is 27.4 Å². The van der Waals surface area contributed by atoms with Gasteiger partial charge in [-0.3, -0.25) is 0 Å². The maximum atomic E-state index is 10.1. The topological polar surface area (TPSA) is 64.4 Å². The SMILES string of the molecule is CCc1cc2ccc(C(C)(C#N)Cc3cccc(OCCOC)c3)cc2nc1OC. The molecule has 3 aromatic rings. The minimum Gasteiger partial charge on any atom is -0.491 e. The summed E-state index contributed by atoms with van der Waals surface area (Å²) in [7, 11) is 3.29. The number of ether oxygens (including phenoxy) is 3. The van der Waals surface area contributed by atoms with E-state index < -0.39 is 5.41 Å². The molecule has 1 heterocycles. The average molecular weight is 405 g/mol. The molecule has 5 nitrogen and oxygen atoms in total. The van der Waals surface area contributed by atoms with Crippen molar-refractivity contribution in [3.05, 3.63) is 65.2 Å². The van der Waals surface area contributed by atoms with Gasteiger partial charge in [0, 0.05) is 18.1 Å². The summed E-state index contributed by atoms with van der Waals surface area (Å²) in [5, 5.41) is 11.1. The van der Waals surface area contributed by atoms with Gasteiger partial charge in [0.05, 0.1) is 30.7 Å². The first-order chi connectivity index (χ1) is 14.5. The normalized spacial score (nSPS) is 12.9. The van der Waals surface area contributed by atoms with Gasteiger partial charge in [0.2, 0.25) is 5.88 Å². The molecule has 0 spiro atoms. The molecular formula is C25H28N2O3. The summed E-state index contributed by atoms with van der Waals surface area (Å²) < 4.78 is 16.2. The van der Waals surface area contributed by atoms with E-state index in [4.69, 9.17) is 14.2 Å². The Hall–Kier alpha value is -3.10. The first kappa shape index (κ1) is 21.6. The quantitative estimate of drug-likeness (QED) is 0.477. The van der Waals surface area contributed by atoms with E-state index in [2.05, 4.69) is 24.0 Å². The van der Waals surface area contributed by atoms with Crippen molar-refractivity contribution in [2.24, 2.45) is 0 Å². The Morgan fingerprint density at radius 1 is 1.07 bits per heavy atom. The highest BCUT2D eigenvalue weighted by atomic mass is 16.5. The number of nitriles is 1. The largest absolute Gasteiger partial charge is 0.491 e. The third-order valence-electron chi connectivity index (χ3n) is 5.33. The van der Waals surface area contributed by atoms with E-state index in [1.807, 2.05) is 49.4 Å². The lowest BCUT2D eigenvalue weighted by atomic mass is 9.78. The van der Waals surface area contributed by atoms with Gasteiger partial charge in [-0.15, -0.1) is 0 Å². The molecule has 0 radical (unpaired) electrons. The van der Waals surface area contributed by atoms with E-state index >= 15 is 0 Å². The molecule has 0 aliphatic carbocycles. The number of pyridine rings is 1. The number of rotatable bonds is 9. The van der Waals surface area contributed by atoms with E-state index in [9.17, 15) is 5.26 Å². The fraction of sp³-hybridized carbons (Fsp3) is 0.360. The van der Waals surface area contributed by atoms with Crippen LogP contribution >= 0.6 is 0 Å². The molecule has 0 N–H and O–H groups in total. The van der Waals surface area contributed by atoms with E-state index in [1.165, 1.54) is 0 Å². The van der Waals surface area contributed by atoms with Crippen LogP contribution in [-0.4, -0.2) is 32.4 Å². The molecule has 0 aliphatic heterocycles. The molecule has 0 fully saturated rings. The highest BCUT2D eigenvalue weighted by Crippen LogP contribution is 2.32. The van der Waals surface area contributed by atoms with Crippen LogP contribution in [-0.2, 0) is 23.0 Å². The zero-order valence-electron chi connectivity index (χ0n) is 18.1. The van der Waals surface area contributed by atoms with Crippen LogP contribution in [0, 0.1) is 11.3 Å². The van der Waals surface area contributed by atoms with Crippen molar-refractivity contribution in [1.29, 1.82) is 5.26 Å². The van der Waals surface area contributed by atoms with Crippen LogP contribution in [0.4, 0.5) is 0 Å². The standard InChI is InChI=1S/C25H28N2O3/c1-5-19-14-20-9-10-21(15-23(20)27-24(19)29-4)25(2,17-26)16-18-7-6-8-22(13-18)30-12-11-28-3/h6-10,13-15H,5,11-12,16H2,1-4H3. The zero-order chi connectivity index (χ0) is 21.6. The second kappa shape index (κ2) is 9.60. The predicted molar refractivity (Wildman–Crippen MR) is 118 cm³/mol. The van der Waals surface area contributed by atoms with Crippen LogP contribution in [0.5, 0.6) is 11.6 Å². The maximum absolute atomic E-state index is 10.1. The summed E-state index contributed by atoms with van der Waals surface area (Å²) in [4.78, 5) is 4.67. The molecule has 0 amide bonds. The molecular weight excluding hydrogens is 376 g/mol. The Morgan fingerprint density at radius 2 is 1.90 bits per heavy atom. The van der Waals surface area contributed by atoms with Gasteiger partial charge in [-0.25, -0.2) is 4.98 Å². The van der Waals surface area contributed by atoms with Crippen molar-refractivity contribution in [3.63, 3.8) is 0 Å². The molecule has 5 heteroatoms. The Balaban J connectivity index is 1.91. The fourth-order valence-electron chi connectivity index (χ4n) is 3.57. The molecule has 30 heavy (non-hydrogen) atoms. The number of nitrogens with zero attached hydrogens (tertiary/aromatic N) is 2. The molecule has 1 unspecified atom stereocenters. The Labute approximate surface area is 178 Å². The number of hydrogen-bond donors (Lipinski definition) is 0. The third-order valence-corrected chi connectivity index (χ3v) is 5.33. The lowest BCUT2D eigenvalue weighted by molar-refractivity contribution is 0.146. The Kier molecular flexibility index (Phi) is 6.91. The molecule has 1 atom stereocenters. The van der Waals surface area contributed by atoms with Gasteiger partial charge in [0.1, 0.15) is 12.4 Å². The molecule has 0 saturated carbocycles. The highest BCUT2D eigenvalue weighted by molar-refractivity contribution is 5.81. The van der Waals surface area contributed by atoms with Gasteiger partial charge in [-0.05, 0) is 55.2 Å². The predicted octanol–water partition coefficient (Wildman–Crippen LogP) is 4.85. The Morgan fingerprint density at radius 3 is 2.60 bits per heavy atom. The van der Waals surface area contributed by atoms with Gasteiger partial charge in [-0.2, -0.15) is 5.26 Å². The van der Waals surface area contributed by atoms with Gasteiger partial charge >= 0.3 is 0 Å². The zero-order valence-corrected chi connectivity index (χ0v) is 18.1. The summed E-state index contributed by atoms with van der Waals surface area (Å²) in [6, 6.07) is 18.6. The first-order valence-corrected chi connectivity index (χ1v) is 10.1. The van der Waals surface area contributed by atoms with Crippen LogP contribution in [0.25, 0.3) is 10.9 Å². The number of hydrogen-bond acceptors (Lipinski definition) is 5. The first-order valence-electron chi connectivity index (χ1n) is 10.1. The van der Waals surface area contributed by atoms with Crippen LogP contribution in [0.15, 0.2) is 48.5 Å². The molecule has 1 aromatic heterocycles. The average Bonchev–Trinajstić information content (AvgIpc) is 2.78. The summed E-state index contributed by atoms with van der Waals surface area (Å²) >= 11 is 0. The molecule has 2 aromatic carbocycles. The van der Waals surface area contributed by atoms with Crippen LogP contribution in [0.3, 0.4) is 0 Å². The maximum Gasteiger partial charge on any atom is 0.216 e. The summed E-state index contributed by atoms with van der Waals surface area (Å²) in [6.45, 7) is 5.07. The second-order valence-electron chi connectivity index (χ2n) is 7.53. The van der Waals surface area contributed by atoms with Crippen LogP contribution in [0.2, 0.25) is 0 Å². The number of methoxy groups -OCH3 is 2. The van der Waals surface area contributed by atoms with E-state index in [0.717, 1.165) is 39.8 Å². The summed E-state index contributed by atoms with van der Waals surface area (Å²) in [5.74, 6) is 1.42. The molecule has 3 rings (SSSR count). The fourth-order valence-corrected chi connectivity index (χ4v) is 3.57. The highest BCUT2D eigenvalue weighted by Gasteiger charge is 2.27. The molecule has 0 saturated heterocycles. The minimum absolute atomic E-state index is 0.493. The van der Waals surface area contributed by atoms with E-state index in [-0.39, 0.29) is 0 Å². The number of aryl methyl sites for hydroxylation is 1. The van der Waals surface area contributed by atoms with Crippen LogP contribution < -0.4 is 9.47 Å². The van der Waals surface area contributed by atoms with Gasteiger partial charge in [0.15, 0.2) is 0 Å². The molecule has 0 bridgehead atoms. The molecule has 0 aliphatic rings. The van der Waals surface area contributed by atoms with E-state index in [1.54, 1.807) is 14.2 Å². The summed E-state index contributed by atoms with van der Waals surface area (Å²) in [5.41, 5.74) is 3.19. The van der Waals surface area contributed by atoms with Crippen molar-refractivity contribution in [2.45, 2.75) is 32.1 Å². The van der Waals surface area contributed by atoms with Crippen molar-refractivity contribution in [3.8, 4) is 17.7 Å². The third kappa shape index (κ3) is 4.72. The number of aromatic nitrogens is 1. The summed E-state index contributed by atoms with van der Waals surface area (Å²) in [6.07, 6.45) is 1.42. The van der Waals surface area contributed by atoms with Gasteiger partial charge in [-0.1, -0.05) is 31.2 Å². The van der Waals surface area contributed by atoms with Gasteiger partial charge in [0.25, 0.3) is 0 Å². The smallest absolute Gasteiger partial charge is 0.216 e. The Bertz CT molecular complexity index is 1060. The number of fused-ring (bicyclic) bond motifs is 1. The van der Waals surface area contributed by atoms with Crippen molar-refractivity contribution >= 4 is 10.9 Å². The lowest BCUT2D eigenvalue weighted by Gasteiger charge is -2.23. The minimum atomic E-state index is -0.697. The number of benzene rings is 2. The van der Waals surface area contributed by atoms with E-state index in [0.29, 0.717) is 25.5 Å².